The van der Waals surface area contributed by atoms with E-state index in [0.717, 1.165) is 5.69 Å². The van der Waals surface area contributed by atoms with Crippen molar-refractivity contribution in [3.8, 4) is 0 Å². The van der Waals surface area contributed by atoms with Gasteiger partial charge in [0.1, 0.15) is 4.99 Å². The van der Waals surface area contributed by atoms with Gasteiger partial charge in [0, 0.05) is 11.8 Å². The van der Waals surface area contributed by atoms with E-state index in [1.165, 1.54) is 12.1 Å². The number of nitrogens with zero attached hydrogens (tertiary/aromatic N) is 2. The van der Waals surface area contributed by atoms with Crippen molar-refractivity contribution in [2.24, 2.45) is 5.73 Å². The van der Waals surface area contributed by atoms with Crippen molar-refractivity contribution in [2.45, 2.75) is 13.5 Å². The van der Waals surface area contributed by atoms with Gasteiger partial charge in [0.2, 0.25) is 0 Å². The first kappa shape index (κ1) is 14.3. The Labute approximate surface area is 120 Å². The normalized spacial score (nSPS) is 10.3. The van der Waals surface area contributed by atoms with Gasteiger partial charge >= 0.3 is 0 Å². The van der Waals surface area contributed by atoms with E-state index in [1.54, 1.807) is 12.4 Å². The molecule has 0 fully saturated rings. The Bertz CT molecular complexity index is 644. The van der Waals surface area contributed by atoms with Crippen molar-refractivity contribution in [3.05, 3.63) is 53.1 Å². The van der Waals surface area contributed by atoms with Gasteiger partial charge in [-0.15, -0.1) is 0 Å². The summed E-state index contributed by atoms with van der Waals surface area (Å²) < 4.78 is 27.5. The van der Waals surface area contributed by atoms with Gasteiger partial charge < -0.3 is 11.1 Å². The lowest BCUT2D eigenvalue weighted by molar-refractivity contribution is 0.509. The number of nitrogens with two attached hydrogens (primary N) is 1. The Hall–Kier alpha value is -2.15. The van der Waals surface area contributed by atoms with Crippen LogP contribution < -0.4 is 11.1 Å². The molecule has 0 aliphatic rings. The fourth-order valence-electron chi connectivity index (χ4n) is 1.57. The number of nitrogens with one attached hydrogen (secondary N) is 1. The third-order valence-corrected chi connectivity index (χ3v) is 2.86. The molecular formula is C13H12F2N4S. The first-order valence-electron chi connectivity index (χ1n) is 5.78. The molecule has 0 bridgehead atoms. The molecule has 0 atom stereocenters. The van der Waals surface area contributed by atoms with E-state index in [-0.39, 0.29) is 22.8 Å². The quantitative estimate of drug-likeness (QED) is 0.847. The standard InChI is InChI=1S/C13H12F2N4S/c1-7-4-18-8(5-17-7)6-19-10-3-2-9(13(16)20)11(14)12(10)15/h2-5,19H,6H2,1H3,(H2,16,20). The Morgan fingerprint density at radius 3 is 2.60 bits per heavy atom. The lowest BCUT2D eigenvalue weighted by Crippen LogP contribution is -2.14. The smallest absolute Gasteiger partial charge is 0.182 e. The van der Waals surface area contributed by atoms with Crippen LogP contribution in [0.2, 0.25) is 0 Å². The Morgan fingerprint density at radius 1 is 1.25 bits per heavy atom. The molecule has 0 aliphatic carbocycles. The van der Waals surface area contributed by atoms with Crippen molar-refractivity contribution >= 4 is 22.9 Å². The minimum atomic E-state index is -1.06. The van der Waals surface area contributed by atoms with Crippen LogP contribution in [0.4, 0.5) is 14.5 Å². The number of aromatic nitrogens is 2. The zero-order chi connectivity index (χ0) is 14.7. The van der Waals surface area contributed by atoms with E-state index < -0.39 is 11.6 Å². The molecule has 3 N–H and O–H groups in total. The number of aryl methyl sites for hydroxylation is 1. The van der Waals surface area contributed by atoms with Gasteiger partial charge in [-0.3, -0.25) is 9.97 Å². The van der Waals surface area contributed by atoms with Crippen molar-refractivity contribution in [3.63, 3.8) is 0 Å². The van der Waals surface area contributed by atoms with Crippen LogP contribution in [0.25, 0.3) is 0 Å². The third kappa shape index (κ3) is 3.05. The molecule has 2 rings (SSSR count). The molecule has 7 heteroatoms. The number of thiocarbonyl (C=S) groups is 1. The zero-order valence-corrected chi connectivity index (χ0v) is 11.5. The van der Waals surface area contributed by atoms with Gasteiger partial charge in [-0.25, -0.2) is 8.78 Å². The summed E-state index contributed by atoms with van der Waals surface area (Å²) in [6.07, 6.45) is 3.17. The van der Waals surface area contributed by atoms with Crippen molar-refractivity contribution < 1.29 is 8.78 Å². The second kappa shape index (κ2) is 5.87. The average molecular weight is 294 g/mol. The maximum absolute atomic E-state index is 13.8. The number of halogens is 2. The van der Waals surface area contributed by atoms with Crippen LogP contribution >= 0.6 is 12.2 Å². The summed E-state index contributed by atoms with van der Waals surface area (Å²) in [5.41, 5.74) is 6.61. The Kier molecular flexibility index (Phi) is 4.19. The largest absolute Gasteiger partial charge is 0.389 e. The maximum atomic E-state index is 13.8. The predicted molar refractivity (Wildman–Crippen MR) is 76.3 cm³/mol. The Morgan fingerprint density at radius 2 is 2.00 bits per heavy atom. The summed E-state index contributed by atoms with van der Waals surface area (Å²) in [6.45, 7) is 2.05. The van der Waals surface area contributed by atoms with E-state index in [2.05, 4.69) is 27.5 Å². The number of anilines is 1. The molecule has 0 amide bonds. The van der Waals surface area contributed by atoms with Gasteiger partial charge in [0.25, 0.3) is 0 Å². The molecule has 1 aromatic heterocycles. The molecule has 0 saturated carbocycles. The van der Waals surface area contributed by atoms with Crippen molar-refractivity contribution in [1.82, 2.24) is 9.97 Å². The summed E-state index contributed by atoms with van der Waals surface area (Å²) in [6, 6.07) is 2.72. The van der Waals surface area contributed by atoms with E-state index in [4.69, 9.17) is 5.73 Å². The van der Waals surface area contributed by atoms with Crippen molar-refractivity contribution in [2.75, 3.05) is 5.32 Å². The molecule has 1 heterocycles. The molecule has 2 aromatic rings. The molecule has 0 saturated heterocycles. The minimum absolute atomic E-state index is 0.0184. The zero-order valence-electron chi connectivity index (χ0n) is 10.7. The molecule has 0 aliphatic heterocycles. The second-order valence-electron chi connectivity index (χ2n) is 4.16. The summed E-state index contributed by atoms with van der Waals surface area (Å²) >= 11 is 4.64. The second-order valence-corrected chi connectivity index (χ2v) is 4.60. The molecule has 1 aromatic carbocycles. The fraction of sp³-hybridized carbons (Fsp3) is 0.154. The highest BCUT2D eigenvalue weighted by Gasteiger charge is 2.14. The molecule has 20 heavy (non-hydrogen) atoms. The summed E-state index contributed by atoms with van der Waals surface area (Å²) in [5, 5.41) is 2.75. The first-order chi connectivity index (χ1) is 9.49. The van der Waals surface area contributed by atoms with Gasteiger partial charge in [0.15, 0.2) is 11.6 Å². The number of rotatable bonds is 4. The van der Waals surface area contributed by atoms with Crippen molar-refractivity contribution in [1.29, 1.82) is 0 Å². The topological polar surface area (TPSA) is 63.8 Å². The maximum Gasteiger partial charge on any atom is 0.182 e. The molecule has 4 nitrogen and oxygen atoms in total. The Balaban J connectivity index is 2.16. The molecule has 0 radical (unpaired) electrons. The van der Waals surface area contributed by atoms with Crippen LogP contribution in [0.15, 0.2) is 24.5 Å². The predicted octanol–water partition coefficient (Wildman–Crippen LogP) is 2.31. The van der Waals surface area contributed by atoms with E-state index in [1.807, 2.05) is 6.92 Å². The molecule has 104 valence electrons. The van der Waals surface area contributed by atoms with Gasteiger partial charge in [-0.1, -0.05) is 12.2 Å². The monoisotopic (exact) mass is 294 g/mol. The highest BCUT2D eigenvalue weighted by Crippen LogP contribution is 2.21. The van der Waals surface area contributed by atoms with E-state index >= 15 is 0 Å². The molecular weight excluding hydrogens is 282 g/mol. The summed E-state index contributed by atoms with van der Waals surface area (Å²) in [4.78, 5) is 7.99. The van der Waals surface area contributed by atoms with Crippen LogP contribution in [-0.4, -0.2) is 15.0 Å². The van der Waals surface area contributed by atoms with E-state index in [9.17, 15) is 8.78 Å². The van der Waals surface area contributed by atoms with Gasteiger partial charge in [0.05, 0.1) is 29.8 Å². The molecule has 0 spiro atoms. The minimum Gasteiger partial charge on any atom is -0.389 e. The van der Waals surface area contributed by atoms with Crippen LogP contribution in [-0.2, 0) is 6.54 Å². The van der Waals surface area contributed by atoms with Gasteiger partial charge in [-0.05, 0) is 19.1 Å². The molecule has 0 unspecified atom stereocenters. The lowest BCUT2D eigenvalue weighted by Gasteiger charge is -2.09. The van der Waals surface area contributed by atoms with Crippen LogP contribution in [0, 0.1) is 18.6 Å². The highest BCUT2D eigenvalue weighted by atomic mass is 32.1. The summed E-state index contributed by atoms with van der Waals surface area (Å²) in [5.74, 6) is -2.08. The fourth-order valence-corrected chi connectivity index (χ4v) is 1.73. The van der Waals surface area contributed by atoms with Crippen LogP contribution in [0.3, 0.4) is 0 Å². The van der Waals surface area contributed by atoms with Crippen LogP contribution in [0.5, 0.6) is 0 Å². The number of benzene rings is 1. The average Bonchev–Trinajstić information content (AvgIpc) is 2.42. The number of hydrogen-bond donors (Lipinski definition) is 2. The SMILES string of the molecule is Cc1cnc(CNc2ccc(C(N)=S)c(F)c2F)cn1. The number of hydrogen-bond acceptors (Lipinski definition) is 4. The van der Waals surface area contributed by atoms with Crippen LogP contribution in [0.1, 0.15) is 17.0 Å². The highest BCUT2D eigenvalue weighted by molar-refractivity contribution is 7.80. The first-order valence-corrected chi connectivity index (χ1v) is 6.19. The summed E-state index contributed by atoms with van der Waals surface area (Å²) in [7, 11) is 0. The lowest BCUT2D eigenvalue weighted by atomic mass is 10.1. The van der Waals surface area contributed by atoms with E-state index in [0.29, 0.717) is 5.69 Å². The third-order valence-electron chi connectivity index (χ3n) is 2.64. The van der Waals surface area contributed by atoms with Gasteiger partial charge in [-0.2, -0.15) is 0 Å².